The van der Waals surface area contributed by atoms with Gasteiger partial charge in [-0.15, -0.1) is 0 Å². The third-order valence-electron chi connectivity index (χ3n) is 6.85. The number of H-pyrrole nitrogens is 1. The molecule has 0 spiro atoms. The number of hydrogen-bond acceptors (Lipinski definition) is 6. The molecular formula is C25H22ClN7O4. The highest BCUT2D eigenvalue weighted by Crippen LogP contribution is 2.47. The highest BCUT2D eigenvalue weighted by Gasteiger charge is 2.45. The van der Waals surface area contributed by atoms with Crippen LogP contribution in [0.3, 0.4) is 0 Å². The van der Waals surface area contributed by atoms with Crippen molar-refractivity contribution in [1.29, 1.82) is 0 Å². The number of imidazole rings is 1. The molecule has 4 heterocycles. The van der Waals surface area contributed by atoms with Gasteiger partial charge >= 0.3 is 11.7 Å². The van der Waals surface area contributed by atoms with Gasteiger partial charge in [0.25, 0.3) is 5.56 Å². The van der Waals surface area contributed by atoms with Crippen molar-refractivity contribution in [3.05, 3.63) is 79.7 Å². The Morgan fingerprint density at radius 1 is 1.16 bits per heavy atom. The maximum Gasteiger partial charge on any atom is 0.332 e. The lowest BCUT2D eigenvalue weighted by Gasteiger charge is -2.08. The summed E-state index contributed by atoms with van der Waals surface area (Å²) in [5.74, 6) is -0.569. The number of nitrogens with one attached hydrogen (secondary N) is 2. The minimum atomic E-state index is -0.826. The third kappa shape index (κ3) is 3.78. The van der Waals surface area contributed by atoms with Crippen molar-refractivity contribution >= 4 is 51.4 Å². The van der Waals surface area contributed by atoms with E-state index in [1.807, 2.05) is 18.2 Å². The van der Waals surface area contributed by atoms with E-state index in [2.05, 4.69) is 20.3 Å². The smallest absolute Gasteiger partial charge is 0.332 e. The van der Waals surface area contributed by atoms with E-state index in [0.29, 0.717) is 34.6 Å². The zero-order chi connectivity index (χ0) is 26.0. The molecule has 2 atom stereocenters. The summed E-state index contributed by atoms with van der Waals surface area (Å²) < 4.78 is 4.08. The number of rotatable bonds is 6. The summed E-state index contributed by atoms with van der Waals surface area (Å²) >= 11 is 6.28. The van der Waals surface area contributed by atoms with Crippen molar-refractivity contribution in [3.63, 3.8) is 0 Å². The second-order valence-corrected chi connectivity index (χ2v) is 9.66. The van der Waals surface area contributed by atoms with Gasteiger partial charge in [-0.05, 0) is 36.8 Å². The Hall–Kier alpha value is -4.38. The molecule has 11 nitrogen and oxygen atoms in total. The number of benzene rings is 1. The number of carboxylic acid groups (broad SMARTS) is 1. The Balaban J connectivity index is 1.37. The number of nitrogens with zero attached hydrogens (tertiary/aromatic N) is 5. The summed E-state index contributed by atoms with van der Waals surface area (Å²) in [6.45, 7) is 0.0378. The third-order valence-corrected chi connectivity index (χ3v) is 7.18. The van der Waals surface area contributed by atoms with Crippen LogP contribution in [0, 0.1) is 5.92 Å². The fraction of sp³-hybridized carbons (Fsp3) is 0.240. The molecule has 5 aromatic rings. The second kappa shape index (κ2) is 8.34. The summed E-state index contributed by atoms with van der Waals surface area (Å²) in [6, 6.07) is 12.6. The van der Waals surface area contributed by atoms with Crippen molar-refractivity contribution < 1.29 is 9.90 Å². The Morgan fingerprint density at radius 3 is 2.68 bits per heavy atom. The Bertz CT molecular complexity index is 1850. The highest BCUT2D eigenvalue weighted by molar-refractivity contribution is 6.35. The van der Waals surface area contributed by atoms with Gasteiger partial charge in [0.1, 0.15) is 5.82 Å². The molecular weight excluding hydrogens is 498 g/mol. The predicted octanol–water partition coefficient (Wildman–Crippen LogP) is 2.94. The Kier molecular flexibility index (Phi) is 5.19. The average molecular weight is 520 g/mol. The summed E-state index contributed by atoms with van der Waals surface area (Å²) in [6.07, 6.45) is 0.558. The number of hydrogen-bond donors (Lipinski definition) is 3. The summed E-state index contributed by atoms with van der Waals surface area (Å²) in [5, 5.41) is 13.7. The number of anilines is 2. The van der Waals surface area contributed by atoms with Crippen LogP contribution in [0.1, 0.15) is 23.7 Å². The number of fused-ring (bicyclic) bond motifs is 2. The minimum Gasteiger partial charge on any atom is -0.481 e. The van der Waals surface area contributed by atoms with E-state index >= 15 is 0 Å². The van der Waals surface area contributed by atoms with Crippen LogP contribution in [0.5, 0.6) is 0 Å². The number of aliphatic carboxylic acids is 1. The lowest BCUT2D eigenvalue weighted by atomic mass is 10.2. The zero-order valence-corrected chi connectivity index (χ0v) is 20.7. The van der Waals surface area contributed by atoms with Crippen LogP contribution >= 0.6 is 11.6 Å². The first-order valence-corrected chi connectivity index (χ1v) is 12.0. The minimum absolute atomic E-state index is 0.0378. The van der Waals surface area contributed by atoms with Crippen LogP contribution in [0.4, 0.5) is 11.8 Å². The van der Waals surface area contributed by atoms with E-state index in [4.69, 9.17) is 11.6 Å². The predicted molar refractivity (Wildman–Crippen MR) is 139 cm³/mol. The molecule has 1 fully saturated rings. The lowest BCUT2D eigenvalue weighted by molar-refractivity contribution is -0.138. The van der Waals surface area contributed by atoms with E-state index in [0.717, 1.165) is 15.5 Å². The van der Waals surface area contributed by atoms with Gasteiger partial charge in [0.2, 0.25) is 5.95 Å². The van der Waals surface area contributed by atoms with E-state index in [1.54, 1.807) is 42.9 Å². The van der Waals surface area contributed by atoms with Gasteiger partial charge in [-0.2, -0.15) is 4.98 Å². The van der Waals surface area contributed by atoms with Gasteiger partial charge in [0.15, 0.2) is 11.2 Å². The summed E-state index contributed by atoms with van der Waals surface area (Å²) in [5.41, 5.74) is 1.68. The molecule has 0 unspecified atom stereocenters. The van der Waals surface area contributed by atoms with Crippen molar-refractivity contribution in [1.82, 2.24) is 28.7 Å². The molecule has 188 valence electrons. The van der Waals surface area contributed by atoms with Crippen molar-refractivity contribution in [2.24, 2.45) is 20.0 Å². The summed E-state index contributed by atoms with van der Waals surface area (Å²) in [7, 11) is 3.25. The number of aromatic nitrogens is 6. The molecule has 1 aliphatic carbocycles. The fourth-order valence-corrected chi connectivity index (χ4v) is 4.99. The molecule has 3 N–H and O–H groups in total. The van der Waals surface area contributed by atoms with Crippen molar-refractivity contribution in [3.8, 4) is 0 Å². The van der Waals surface area contributed by atoms with Gasteiger partial charge < -0.3 is 20.0 Å². The normalized spacial score (nSPS) is 16.9. The number of pyridine rings is 1. The molecule has 0 bridgehead atoms. The molecule has 1 aliphatic rings. The number of halogens is 1. The van der Waals surface area contributed by atoms with Crippen LogP contribution in [0.25, 0.3) is 22.1 Å². The molecule has 0 aliphatic heterocycles. The van der Waals surface area contributed by atoms with E-state index < -0.39 is 23.1 Å². The Morgan fingerprint density at radius 2 is 1.95 bits per heavy atom. The molecule has 1 saturated carbocycles. The quantitative estimate of drug-likeness (QED) is 0.313. The van der Waals surface area contributed by atoms with Gasteiger partial charge in [-0.25, -0.2) is 9.78 Å². The maximum atomic E-state index is 13.5. The first-order valence-electron chi connectivity index (χ1n) is 11.6. The van der Waals surface area contributed by atoms with Gasteiger partial charge in [-0.3, -0.25) is 18.7 Å². The van der Waals surface area contributed by atoms with Gasteiger partial charge in [-0.1, -0.05) is 23.7 Å². The molecule has 6 rings (SSSR count). The molecule has 1 aromatic carbocycles. The molecule has 0 amide bonds. The molecule has 4 aromatic heterocycles. The number of carboxylic acids is 1. The van der Waals surface area contributed by atoms with Crippen molar-refractivity contribution in [2.45, 2.75) is 18.9 Å². The molecule has 37 heavy (non-hydrogen) atoms. The standard InChI is InChI=1S/C25H22ClN7O4/c1-31-20-21(30-24(31)29-19-8-4-7-17(28-19)13-10-14(13)23(35)36)32(2)25(37)33(22(20)34)11-12-9-15-16(26)5-3-6-18(15)27-12/h3-9,13-14,27H,10-11H2,1-2H3,(H,35,36)(H,28,29,30)/t13-,14-/m0/s1. The largest absolute Gasteiger partial charge is 0.481 e. The van der Waals surface area contributed by atoms with E-state index in [-0.39, 0.29) is 23.6 Å². The topological polar surface area (TPSA) is 140 Å². The molecule has 0 radical (unpaired) electrons. The van der Waals surface area contributed by atoms with E-state index in [1.165, 1.54) is 4.57 Å². The first-order chi connectivity index (χ1) is 17.7. The molecule has 12 heteroatoms. The van der Waals surface area contributed by atoms with Crippen LogP contribution in [-0.2, 0) is 25.4 Å². The van der Waals surface area contributed by atoms with Crippen LogP contribution in [0.15, 0.2) is 52.1 Å². The lowest BCUT2D eigenvalue weighted by Crippen LogP contribution is -2.39. The van der Waals surface area contributed by atoms with Gasteiger partial charge in [0, 0.05) is 47.3 Å². The Labute approximate surface area is 214 Å². The highest BCUT2D eigenvalue weighted by atomic mass is 35.5. The zero-order valence-electron chi connectivity index (χ0n) is 19.9. The van der Waals surface area contributed by atoms with E-state index in [9.17, 15) is 19.5 Å². The van der Waals surface area contributed by atoms with Crippen LogP contribution in [0.2, 0.25) is 5.02 Å². The number of aryl methyl sites for hydroxylation is 2. The fourth-order valence-electron chi connectivity index (χ4n) is 4.76. The SMILES string of the molecule is Cn1c(Nc2cccc([C@H]3C[C@@H]3C(=O)O)n2)nc2c1c(=O)n(Cc1cc3c(Cl)cccc3[nH]1)c(=O)n2C. The second-order valence-electron chi connectivity index (χ2n) is 9.25. The molecule has 0 saturated heterocycles. The summed E-state index contributed by atoms with van der Waals surface area (Å²) in [4.78, 5) is 50.1. The average Bonchev–Trinajstić information content (AvgIpc) is 3.48. The van der Waals surface area contributed by atoms with Crippen LogP contribution in [-0.4, -0.2) is 39.7 Å². The monoisotopic (exact) mass is 519 g/mol. The number of carbonyl (C=O) groups is 1. The maximum absolute atomic E-state index is 13.5. The van der Waals surface area contributed by atoms with Crippen molar-refractivity contribution in [2.75, 3.05) is 5.32 Å². The van der Waals surface area contributed by atoms with Gasteiger partial charge in [0.05, 0.1) is 12.5 Å². The van der Waals surface area contributed by atoms with Crippen LogP contribution < -0.4 is 16.6 Å². The number of aromatic amines is 1. The first kappa shape index (κ1) is 23.0.